The first-order valence-corrected chi connectivity index (χ1v) is 6.94. The highest BCUT2D eigenvalue weighted by molar-refractivity contribution is 5.06. The van der Waals surface area contributed by atoms with E-state index in [0.29, 0.717) is 5.92 Å². The predicted octanol–water partition coefficient (Wildman–Crippen LogP) is 0.895. The van der Waals surface area contributed by atoms with Crippen molar-refractivity contribution in [3.63, 3.8) is 0 Å². The number of aryl methyl sites for hydroxylation is 1. The zero-order valence-corrected chi connectivity index (χ0v) is 12.1. The number of aromatic nitrogens is 4. The van der Waals surface area contributed by atoms with Crippen LogP contribution in [-0.4, -0.2) is 44.7 Å². The second-order valence-corrected chi connectivity index (χ2v) is 5.52. The van der Waals surface area contributed by atoms with E-state index in [4.69, 9.17) is 4.74 Å². The molecule has 3 rings (SSSR count). The minimum absolute atomic E-state index is 0.470. The molecule has 0 bridgehead atoms. The van der Waals surface area contributed by atoms with Gasteiger partial charge in [0.1, 0.15) is 0 Å². The number of ether oxygens (including phenoxy) is 1. The molecule has 3 heterocycles. The van der Waals surface area contributed by atoms with Crippen LogP contribution in [0.4, 0.5) is 0 Å². The molecule has 1 aliphatic heterocycles. The van der Waals surface area contributed by atoms with Gasteiger partial charge in [-0.05, 0) is 6.07 Å². The molecule has 0 amide bonds. The maximum Gasteiger partial charge on any atom is 0.0534 e. The highest BCUT2D eigenvalue weighted by Crippen LogP contribution is 2.18. The summed E-state index contributed by atoms with van der Waals surface area (Å²) in [6.07, 6.45) is 5.90. The molecule has 0 saturated heterocycles. The van der Waals surface area contributed by atoms with Gasteiger partial charge in [-0.1, -0.05) is 0 Å². The van der Waals surface area contributed by atoms with Crippen molar-refractivity contribution in [1.82, 2.24) is 24.5 Å². The predicted molar refractivity (Wildman–Crippen MR) is 74.9 cm³/mol. The largest absolute Gasteiger partial charge is 0.384 e. The van der Waals surface area contributed by atoms with E-state index in [-0.39, 0.29) is 0 Å². The minimum atomic E-state index is 0.470. The highest BCUT2D eigenvalue weighted by Gasteiger charge is 2.22. The van der Waals surface area contributed by atoms with Crippen molar-refractivity contribution in [1.29, 1.82) is 0 Å². The Bertz CT molecular complexity index is 561. The maximum absolute atomic E-state index is 5.35. The van der Waals surface area contributed by atoms with E-state index in [9.17, 15) is 0 Å². The molecule has 0 aromatic carbocycles. The standard InChI is InChI=1S/C14H21N5O/c1-17-6-12(5-16-17)7-18-8-13(11-20-2)9-19-14(10-18)3-4-15-19/h3-6,13H,7-11H2,1-2H3/t13-/m0/s1. The van der Waals surface area contributed by atoms with Crippen LogP contribution < -0.4 is 0 Å². The lowest BCUT2D eigenvalue weighted by atomic mass is 10.1. The summed E-state index contributed by atoms with van der Waals surface area (Å²) in [6, 6.07) is 2.10. The van der Waals surface area contributed by atoms with Gasteiger partial charge in [-0.3, -0.25) is 14.3 Å². The fourth-order valence-corrected chi connectivity index (χ4v) is 2.89. The van der Waals surface area contributed by atoms with Crippen LogP contribution in [0, 0.1) is 5.92 Å². The smallest absolute Gasteiger partial charge is 0.0534 e. The van der Waals surface area contributed by atoms with Gasteiger partial charge in [-0.2, -0.15) is 10.2 Å². The van der Waals surface area contributed by atoms with Gasteiger partial charge in [0, 0.05) is 64.2 Å². The van der Waals surface area contributed by atoms with Crippen LogP contribution in [0.3, 0.4) is 0 Å². The molecule has 20 heavy (non-hydrogen) atoms. The molecule has 0 N–H and O–H groups in total. The van der Waals surface area contributed by atoms with E-state index in [1.54, 1.807) is 7.11 Å². The Morgan fingerprint density at radius 2 is 2.25 bits per heavy atom. The summed E-state index contributed by atoms with van der Waals surface area (Å²) in [5.74, 6) is 0.470. The summed E-state index contributed by atoms with van der Waals surface area (Å²) in [6.45, 7) is 4.56. The van der Waals surface area contributed by atoms with Gasteiger partial charge in [0.25, 0.3) is 0 Å². The fraction of sp³-hybridized carbons (Fsp3) is 0.571. The van der Waals surface area contributed by atoms with Gasteiger partial charge in [0.2, 0.25) is 0 Å². The van der Waals surface area contributed by atoms with Crippen molar-refractivity contribution in [3.05, 3.63) is 35.9 Å². The zero-order valence-electron chi connectivity index (χ0n) is 12.1. The second kappa shape index (κ2) is 5.76. The Labute approximate surface area is 118 Å². The first-order chi connectivity index (χ1) is 9.74. The third-order valence-corrected chi connectivity index (χ3v) is 3.70. The summed E-state index contributed by atoms with van der Waals surface area (Å²) < 4.78 is 9.30. The molecule has 0 unspecified atom stereocenters. The lowest BCUT2D eigenvalue weighted by molar-refractivity contribution is 0.114. The molecule has 6 heteroatoms. The molecule has 2 aromatic rings. The van der Waals surface area contributed by atoms with Crippen molar-refractivity contribution in [3.8, 4) is 0 Å². The average Bonchev–Trinajstić information content (AvgIpc) is 2.96. The van der Waals surface area contributed by atoms with Gasteiger partial charge in [0.15, 0.2) is 0 Å². The molecular weight excluding hydrogens is 254 g/mol. The van der Waals surface area contributed by atoms with E-state index in [0.717, 1.165) is 32.8 Å². The van der Waals surface area contributed by atoms with Crippen LogP contribution in [0.25, 0.3) is 0 Å². The summed E-state index contributed by atoms with van der Waals surface area (Å²) in [4.78, 5) is 2.45. The Morgan fingerprint density at radius 3 is 3.00 bits per heavy atom. The van der Waals surface area contributed by atoms with Gasteiger partial charge in [-0.25, -0.2) is 0 Å². The van der Waals surface area contributed by atoms with Crippen molar-refractivity contribution in [2.24, 2.45) is 13.0 Å². The number of methoxy groups -OCH3 is 1. The van der Waals surface area contributed by atoms with E-state index in [2.05, 4.69) is 32.0 Å². The summed E-state index contributed by atoms with van der Waals surface area (Å²) >= 11 is 0. The normalized spacial score (nSPS) is 19.8. The SMILES string of the molecule is COC[C@H]1CN(Cc2cnn(C)c2)Cc2ccnn2C1. The Kier molecular flexibility index (Phi) is 3.84. The number of nitrogens with zero attached hydrogens (tertiary/aromatic N) is 5. The first kappa shape index (κ1) is 13.3. The quantitative estimate of drug-likeness (QED) is 0.831. The van der Waals surface area contributed by atoms with Crippen LogP contribution in [0.5, 0.6) is 0 Å². The molecule has 108 valence electrons. The monoisotopic (exact) mass is 275 g/mol. The summed E-state index contributed by atoms with van der Waals surface area (Å²) in [5.41, 5.74) is 2.52. The van der Waals surface area contributed by atoms with Crippen LogP contribution in [0.2, 0.25) is 0 Å². The topological polar surface area (TPSA) is 48.1 Å². The molecule has 0 saturated carbocycles. The van der Waals surface area contributed by atoms with E-state index in [1.165, 1.54) is 11.3 Å². The van der Waals surface area contributed by atoms with Gasteiger partial charge in [0.05, 0.1) is 18.5 Å². The van der Waals surface area contributed by atoms with Crippen molar-refractivity contribution in [2.75, 3.05) is 20.3 Å². The molecule has 6 nitrogen and oxygen atoms in total. The lowest BCUT2D eigenvalue weighted by Crippen LogP contribution is -2.29. The van der Waals surface area contributed by atoms with Crippen molar-refractivity contribution >= 4 is 0 Å². The molecule has 0 aliphatic carbocycles. The van der Waals surface area contributed by atoms with E-state index >= 15 is 0 Å². The second-order valence-electron chi connectivity index (χ2n) is 5.52. The number of rotatable bonds is 4. The van der Waals surface area contributed by atoms with Crippen molar-refractivity contribution in [2.45, 2.75) is 19.6 Å². The number of hydrogen-bond acceptors (Lipinski definition) is 4. The Balaban J connectivity index is 1.76. The molecule has 1 atom stereocenters. The van der Waals surface area contributed by atoms with Crippen molar-refractivity contribution < 1.29 is 4.74 Å². The molecule has 2 aromatic heterocycles. The van der Waals surface area contributed by atoms with Crippen LogP contribution >= 0.6 is 0 Å². The van der Waals surface area contributed by atoms with Gasteiger partial charge < -0.3 is 4.74 Å². The molecule has 0 radical (unpaired) electrons. The zero-order chi connectivity index (χ0) is 13.9. The average molecular weight is 275 g/mol. The van der Waals surface area contributed by atoms with Gasteiger partial charge >= 0.3 is 0 Å². The minimum Gasteiger partial charge on any atom is -0.384 e. The van der Waals surface area contributed by atoms with Crippen LogP contribution in [0.15, 0.2) is 24.7 Å². The van der Waals surface area contributed by atoms with Gasteiger partial charge in [-0.15, -0.1) is 0 Å². The number of hydrogen-bond donors (Lipinski definition) is 0. The van der Waals surface area contributed by atoms with E-state index in [1.807, 2.05) is 24.1 Å². The molecule has 0 fully saturated rings. The van der Waals surface area contributed by atoms with E-state index < -0.39 is 0 Å². The third-order valence-electron chi connectivity index (χ3n) is 3.70. The number of fused-ring (bicyclic) bond motifs is 1. The molecule has 0 spiro atoms. The Hall–Kier alpha value is -1.66. The fourth-order valence-electron chi connectivity index (χ4n) is 2.89. The van der Waals surface area contributed by atoms with Crippen LogP contribution in [0.1, 0.15) is 11.3 Å². The van der Waals surface area contributed by atoms with Crippen LogP contribution in [-0.2, 0) is 31.4 Å². The molecule has 1 aliphatic rings. The first-order valence-electron chi connectivity index (χ1n) is 6.94. The lowest BCUT2D eigenvalue weighted by Gasteiger charge is -2.22. The maximum atomic E-state index is 5.35. The summed E-state index contributed by atoms with van der Waals surface area (Å²) in [5, 5.41) is 8.66. The molecular formula is C14H21N5O. The highest BCUT2D eigenvalue weighted by atomic mass is 16.5. The third kappa shape index (κ3) is 2.91. The Morgan fingerprint density at radius 1 is 1.35 bits per heavy atom. The summed E-state index contributed by atoms with van der Waals surface area (Å²) in [7, 11) is 3.72.